The van der Waals surface area contributed by atoms with Crippen LogP contribution < -0.4 is 14.8 Å². The molecule has 0 aliphatic heterocycles. The van der Waals surface area contributed by atoms with Gasteiger partial charge in [0.15, 0.2) is 0 Å². The molecule has 0 saturated carbocycles. The molecule has 0 aliphatic carbocycles. The van der Waals surface area contributed by atoms with Crippen LogP contribution >= 0.6 is 12.6 Å². The summed E-state index contributed by atoms with van der Waals surface area (Å²) < 4.78 is 10.6. The molecule has 0 fully saturated rings. The van der Waals surface area contributed by atoms with E-state index in [1.165, 1.54) is 0 Å². The first-order valence-corrected chi connectivity index (χ1v) is 6.04. The first-order chi connectivity index (χ1) is 8.40. The molecule has 1 aromatic carbocycles. The normalized spacial score (nSPS) is 10.9. The Bertz CT molecular complexity index is 432. The number of hydrogen-bond acceptors (Lipinski definition) is 3. The number of ether oxygens (including phenoxy) is 2. The molecule has 0 aliphatic rings. The van der Waals surface area contributed by atoms with Gasteiger partial charge in [0.2, 0.25) is 0 Å². The Kier molecular flexibility index (Phi) is 4.90. The largest absolute Gasteiger partial charge is 0.497 e. The van der Waals surface area contributed by atoms with Crippen LogP contribution in [0.1, 0.15) is 19.4 Å². The third-order valence-corrected chi connectivity index (χ3v) is 2.98. The van der Waals surface area contributed by atoms with Crippen molar-refractivity contribution in [1.82, 2.24) is 5.32 Å². The second-order valence-corrected chi connectivity index (χ2v) is 5.01. The van der Waals surface area contributed by atoms with Gasteiger partial charge in [-0.2, -0.15) is 0 Å². The van der Waals surface area contributed by atoms with E-state index in [2.05, 4.69) is 17.9 Å². The summed E-state index contributed by atoms with van der Waals surface area (Å²) in [6.07, 6.45) is 0. The van der Waals surface area contributed by atoms with Crippen LogP contribution in [0.15, 0.2) is 18.2 Å². The molecule has 0 spiro atoms. The van der Waals surface area contributed by atoms with Crippen molar-refractivity contribution in [3.8, 4) is 11.5 Å². The van der Waals surface area contributed by atoms with Crippen molar-refractivity contribution in [2.75, 3.05) is 20.8 Å². The highest BCUT2D eigenvalue weighted by Crippen LogP contribution is 2.34. The summed E-state index contributed by atoms with van der Waals surface area (Å²) in [5.41, 5.74) is 0.699. The van der Waals surface area contributed by atoms with E-state index in [9.17, 15) is 4.79 Å². The van der Waals surface area contributed by atoms with Crippen molar-refractivity contribution in [2.45, 2.75) is 19.3 Å². The summed E-state index contributed by atoms with van der Waals surface area (Å²) >= 11 is 3.70. The first kappa shape index (κ1) is 14.7. The molecule has 0 aromatic heterocycles. The van der Waals surface area contributed by atoms with Gasteiger partial charge in [0.25, 0.3) is 5.24 Å². The van der Waals surface area contributed by atoms with Gasteiger partial charge in [0, 0.05) is 17.5 Å². The summed E-state index contributed by atoms with van der Waals surface area (Å²) in [4.78, 5) is 10.9. The fraction of sp³-hybridized carbons (Fsp3) is 0.462. The van der Waals surface area contributed by atoms with Crippen LogP contribution in [0.5, 0.6) is 11.5 Å². The third kappa shape index (κ3) is 3.57. The minimum Gasteiger partial charge on any atom is -0.497 e. The molecule has 18 heavy (non-hydrogen) atoms. The van der Waals surface area contributed by atoms with Crippen molar-refractivity contribution < 1.29 is 14.3 Å². The number of hydrogen-bond donors (Lipinski definition) is 2. The Morgan fingerprint density at radius 2 is 2.00 bits per heavy atom. The third-order valence-electron chi connectivity index (χ3n) is 2.82. The fourth-order valence-electron chi connectivity index (χ4n) is 1.73. The van der Waals surface area contributed by atoms with Gasteiger partial charge in [0.05, 0.1) is 14.2 Å². The minimum absolute atomic E-state index is 0.279. The number of rotatable bonds is 5. The fourth-order valence-corrected chi connectivity index (χ4v) is 1.81. The molecule has 4 nitrogen and oxygen atoms in total. The summed E-state index contributed by atoms with van der Waals surface area (Å²) in [6, 6.07) is 5.62. The van der Waals surface area contributed by atoms with E-state index < -0.39 is 0 Å². The maximum atomic E-state index is 10.9. The summed E-state index contributed by atoms with van der Waals surface area (Å²) in [6.45, 7) is 4.51. The van der Waals surface area contributed by atoms with Gasteiger partial charge in [-0.25, -0.2) is 0 Å². The van der Waals surface area contributed by atoms with E-state index in [1.54, 1.807) is 14.2 Å². The summed E-state index contributed by atoms with van der Waals surface area (Å²) in [5.74, 6) is 1.53. The van der Waals surface area contributed by atoms with Crippen LogP contribution in [0.2, 0.25) is 0 Å². The van der Waals surface area contributed by atoms with Gasteiger partial charge in [-0.3, -0.25) is 4.79 Å². The topological polar surface area (TPSA) is 47.6 Å². The number of nitrogens with one attached hydrogen (secondary N) is 1. The first-order valence-electron chi connectivity index (χ1n) is 5.60. The van der Waals surface area contributed by atoms with E-state index in [-0.39, 0.29) is 10.7 Å². The molecule has 0 unspecified atom stereocenters. The quantitative estimate of drug-likeness (QED) is 0.808. The van der Waals surface area contributed by atoms with Gasteiger partial charge < -0.3 is 14.8 Å². The van der Waals surface area contributed by atoms with Crippen molar-refractivity contribution in [2.24, 2.45) is 0 Å². The van der Waals surface area contributed by atoms with E-state index in [0.717, 1.165) is 17.1 Å². The lowest BCUT2D eigenvalue weighted by atomic mass is 9.84. The van der Waals surface area contributed by atoms with E-state index in [1.807, 2.05) is 32.0 Å². The number of thiol groups is 1. The van der Waals surface area contributed by atoms with Crippen LogP contribution in [0.4, 0.5) is 4.79 Å². The maximum absolute atomic E-state index is 10.9. The zero-order valence-electron chi connectivity index (χ0n) is 11.1. The van der Waals surface area contributed by atoms with Gasteiger partial charge >= 0.3 is 0 Å². The van der Waals surface area contributed by atoms with Crippen molar-refractivity contribution in [3.05, 3.63) is 23.8 Å². The Labute approximate surface area is 113 Å². The molecule has 0 bridgehead atoms. The molecule has 1 amide bonds. The highest BCUT2D eigenvalue weighted by atomic mass is 32.1. The van der Waals surface area contributed by atoms with Crippen molar-refractivity contribution in [1.29, 1.82) is 0 Å². The monoisotopic (exact) mass is 269 g/mol. The molecule has 1 aromatic rings. The molecule has 0 radical (unpaired) electrons. The molecule has 0 heterocycles. The van der Waals surface area contributed by atoms with Crippen LogP contribution in [0.3, 0.4) is 0 Å². The van der Waals surface area contributed by atoms with Crippen LogP contribution in [-0.4, -0.2) is 26.0 Å². The Morgan fingerprint density at radius 3 is 2.50 bits per heavy atom. The zero-order valence-corrected chi connectivity index (χ0v) is 12.0. The van der Waals surface area contributed by atoms with Gasteiger partial charge in [-0.15, -0.1) is 0 Å². The smallest absolute Gasteiger partial charge is 0.276 e. The lowest BCUT2D eigenvalue weighted by Crippen LogP contribution is -2.34. The van der Waals surface area contributed by atoms with Gasteiger partial charge in [-0.05, 0) is 18.2 Å². The maximum Gasteiger partial charge on any atom is 0.276 e. The molecule has 100 valence electrons. The predicted molar refractivity (Wildman–Crippen MR) is 75.0 cm³/mol. The summed E-state index contributed by atoms with van der Waals surface area (Å²) in [5, 5.41) is 2.36. The second-order valence-electron chi connectivity index (χ2n) is 4.61. The highest BCUT2D eigenvalue weighted by molar-refractivity contribution is 7.96. The Hall–Kier alpha value is -1.36. The molecular weight excluding hydrogens is 250 g/mol. The lowest BCUT2D eigenvalue weighted by molar-refractivity contribution is 0.258. The molecule has 1 rings (SSSR count). The van der Waals surface area contributed by atoms with Crippen LogP contribution in [0.25, 0.3) is 0 Å². The molecule has 0 atom stereocenters. The van der Waals surface area contributed by atoms with E-state index in [4.69, 9.17) is 9.47 Å². The molecule has 1 N–H and O–H groups in total. The lowest BCUT2D eigenvalue weighted by Gasteiger charge is -2.27. The predicted octanol–water partition coefficient (Wildman–Crippen LogP) is 2.62. The number of amides is 1. The average molecular weight is 269 g/mol. The van der Waals surface area contributed by atoms with Gasteiger partial charge in [0.1, 0.15) is 11.5 Å². The van der Waals surface area contributed by atoms with Crippen LogP contribution in [-0.2, 0) is 5.41 Å². The van der Waals surface area contributed by atoms with E-state index in [0.29, 0.717) is 6.54 Å². The number of carbonyl (C=O) groups excluding carboxylic acids is 1. The zero-order chi connectivity index (χ0) is 13.8. The van der Waals surface area contributed by atoms with Crippen molar-refractivity contribution >= 4 is 17.9 Å². The minimum atomic E-state index is -0.343. The molecule has 0 saturated heterocycles. The Morgan fingerprint density at radius 1 is 1.33 bits per heavy atom. The van der Waals surface area contributed by atoms with Crippen LogP contribution in [0, 0.1) is 0 Å². The summed E-state index contributed by atoms with van der Waals surface area (Å²) in [7, 11) is 3.24. The second kappa shape index (κ2) is 6.00. The average Bonchev–Trinajstić information content (AvgIpc) is 2.35. The van der Waals surface area contributed by atoms with Gasteiger partial charge in [-0.1, -0.05) is 26.5 Å². The van der Waals surface area contributed by atoms with Crippen molar-refractivity contribution in [3.63, 3.8) is 0 Å². The molecular formula is C13H19NO3S. The Balaban J connectivity index is 3.07. The number of methoxy groups -OCH3 is 2. The number of benzene rings is 1. The molecule has 5 heteroatoms. The highest BCUT2D eigenvalue weighted by Gasteiger charge is 2.25. The SMILES string of the molecule is COc1ccc(OC)c(C(C)(C)CNC(=O)S)c1. The number of carbonyl (C=O) groups is 1. The standard InChI is InChI=1S/C13H19NO3S/c1-13(2,8-14-12(15)18)10-7-9(16-3)5-6-11(10)17-4/h5-7H,8H2,1-4H3,(H2,14,15,18). The van der Waals surface area contributed by atoms with E-state index >= 15 is 0 Å².